The monoisotopic (exact) mass is 457 g/mol. The predicted molar refractivity (Wildman–Crippen MR) is 125 cm³/mol. The van der Waals surface area contributed by atoms with E-state index in [2.05, 4.69) is 17.9 Å². The third-order valence-electron chi connectivity index (χ3n) is 6.26. The van der Waals surface area contributed by atoms with Crippen molar-refractivity contribution < 1.29 is 14.6 Å². The number of pyridine rings is 1. The number of aryl methyl sites for hydroxylation is 1. The van der Waals surface area contributed by atoms with Gasteiger partial charge in [-0.2, -0.15) is 9.47 Å². The lowest BCUT2D eigenvalue weighted by atomic mass is 9.98. The van der Waals surface area contributed by atoms with Gasteiger partial charge < -0.3 is 19.5 Å². The Labute approximate surface area is 192 Å². The number of aromatic nitrogens is 4. The number of fused-ring (bicyclic) bond motifs is 1. The van der Waals surface area contributed by atoms with Crippen molar-refractivity contribution in [1.29, 1.82) is 0 Å². The lowest BCUT2D eigenvalue weighted by Gasteiger charge is -2.35. The van der Waals surface area contributed by atoms with Gasteiger partial charge in [0.05, 0.1) is 40.9 Å². The van der Waals surface area contributed by atoms with E-state index in [1.807, 2.05) is 31.5 Å². The van der Waals surface area contributed by atoms with Crippen LogP contribution in [-0.4, -0.2) is 56.7 Å². The van der Waals surface area contributed by atoms with E-state index in [1.54, 1.807) is 0 Å². The Bertz CT molecular complexity index is 1110. The molecule has 0 spiro atoms. The fourth-order valence-corrected chi connectivity index (χ4v) is 5.57. The van der Waals surface area contributed by atoms with Crippen LogP contribution in [0.4, 0.5) is 5.82 Å². The minimum atomic E-state index is -1.02. The minimum absolute atomic E-state index is 0.0830. The summed E-state index contributed by atoms with van der Waals surface area (Å²) in [7, 11) is 0. The fraction of sp³-hybridized carbons (Fsp3) is 0.609. The largest absolute Gasteiger partial charge is 0.386 e. The molecule has 5 heterocycles. The SMILES string of the molecule is Cc1cc(-c2nsc3c(C(C)(C)O)cc(N4CCOC[C@H]4C)nc23)n(C2CCCCO2)n1. The molecule has 9 heteroatoms. The van der Waals surface area contributed by atoms with Crippen LogP contribution in [-0.2, 0) is 15.1 Å². The van der Waals surface area contributed by atoms with Gasteiger partial charge >= 0.3 is 0 Å². The molecule has 0 bridgehead atoms. The Morgan fingerprint density at radius 3 is 2.78 bits per heavy atom. The number of anilines is 1. The molecule has 0 aliphatic carbocycles. The number of rotatable bonds is 4. The maximum atomic E-state index is 11.0. The number of nitrogens with zero attached hydrogens (tertiary/aromatic N) is 5. The zero-order chi connectivity index (χ0) is 22.5. The lowest BCUT2D eigenvalue weighted by Crippen LogP contribution is -2.44. The zero-order valence-electron chi connectivity index (χ0n) is 19.2. The summed E-state index contributed by atoms with van der Waals surface area (Å²) in [6, 6.07) is 4.28. The summed E-state index contributed by atoms with van der Waals surface area (Å²) < 4.78 is 19.4. The molecule has 0 saturated carbocycles. The average molecular weight is 458 g/mol. The average Bonchev–Trinajstić information content (AvgIpc) is 3.36. The van der Waals surface area contributed by atoms with Gasteiger partial charge in [0.2, 0.25) is 0 Å². The van der Waals surface area contributed by atoms with Crippen molar-refractivity contribution in [3.8, 4) is 11.4 Å². The second-order valence-corrected chi connectivity index (χ2v) is 10.1. The van der Waals surface area contributed by atoms with Crippen LogP contribution in [0.1, 0.15) is 57.5 Å². The molecule has 1 N–H and O–H groups in total. The molecule has 172 valence electrons. The van der Waals surface area contributed by atoms with E-state index in [0.29, 0.717) is 13.2 Å². The first-order valence-electron chi connectivity index (χ1n) is 11.4. The Morgan fingerprint density at radius 2 is 2.06 bits per heavy atom. The molecular formula is C23H31N5O3S. The molecule has 0 aromatic carbocycles. The van der Waals surface area contributed by atoms with Gasteiger partial charge in [0.25, 0.3) is 0 Å². The second-order valence-electron chi connectivity index (χ2n) is 9.35. The highest BCUT2D eigenvalue weighted by atomic mass is 32.1. The third-order valence-corrected chi connectivity index (χ3v) is 7.13. The first-order chi connectivity index (χ1) is 15.3. The van der Waals surface area contributed by atoms with Crippen molar-refractivity contribution in [3.63, 3.8) is 0 Å². The smallest absolute Gasteiger partial charge is 0.150 e. The van der Waals surface area contributed by atoms with Crippen LogP contribution in [0, 0.1) is 6.92 Å². The molecule has 2 aliphatic heterocycles. The van der Waals surface area contributed by atoms with Gasteiger partial charge in [0, 0.05) is 18.7 Å². The summed E-state index contributed by atoms with van der Waals surface area (Å²) in [6.45, 7) is 10.6. The van der Waals surface area contributed by atoms with Gasteiger partial charge in [0.1, 0.15) is 17.0 Å². The first kappa shape index (κ1) is 21.8. The Kier molecular flexibility index (Phi) is 5.69. The summed E-state index contributed by atoms with van der Waals surface area (Å²) in [5.74, 6) is 0.851. The van der Waals surface area contributed by atoms with Crippen LogP contribution >= 0.6 is 11.5 Å². The van der Waals surface area contributed by atoms with E-state index < -0.39 is 5.60 Å². The van der Waals surface area contributed by atoms with Crippen molar-refractivity contribution in [2.75, 3.05) is 31.3 Å². The van der Waals surface area contributed by atoms with Gasteiger partial charge in [-0.15, -0.1) is 0 Å². The Balaban J connectivity index is 1.68. The van der Waals surface area contributed by atoms with Crippen LogP contribution in [0.2, 0.25) is 0 Å². The lowest BCUT2D eigenvalue weighted by molar-refractivity contribution is -0.0385. The van der Waals surface area contributed by atoms with Crippen molar-refractivity contribution in [2.24, 2.45) is 0 Å². The molecule has 32 heavy (non-hydrogen) atoms. The van der Waals surface area contributed by atoms with Gasteiger partial charge in [-0.1, -0.05) is 0 Å². The van der Waals surface area contributed by atoms with Crippen LogP contribution in [0.3, 0.4) is 0 Å². The molecule has 0 radical (unpaired) electrons. The molecule has 2 aliphatic rings. The first-order valence-corrected chi connectivity index (χ1v) is 12.2. The Hall–Kier alpha value is -2.07. The van der Waals surface area contributed by atoms with Gasteiger partial charge in [0.15, 0.2) is 6.23 Å². The van der Waals surface area contributed by atoms with Crippen LogP contribution in [0.15, 0.2) is 12.1 Å². The van der Waals surface area contributed by atoms with Crippen LogP contribution in [0.25, 0.3) is 21.6 Å². The summed E-state index contributed by atoms with van der Waals surface area (Å²) in [5.41, 5.74) is 3.28. The van der Waals surface area contributed by atoms with E-state index in [1.165, 1.54) is 11.5 Å². The molecule has 5 rings (SSSR count). The number of ether oxygens (including phenoxy) is 2. The Morgan fingerprint density at radius 1 is 1.22 bits per heavy atom. The van der Waals surface area contributed by atoms with E-state index in [4.69, 9.17) is 23.9 Å². The number of hydrogen-bond donors (Lipinski definition) is 1. The van der Waals surface area contributed by atoms with Gasteiger partial charge in [-0.25, -0.2) is 9.67 Å². The normalized spacial score (nSPS) is 22.6. The summed E-state index contributed by atoms with van der Waals surface area (Å²) in [4.78, 5) is 7.34. The highest BCUT2D eigenvalue weighted by Gasteiger charge is 2.30. The summed E-state index contributed by atoms with van der Waals surface area (Å²) >= 11 is 1.39. The van der Waals surface area contributed by atoms with E-state index in [0.717, 1.165) is 71.1 Å². The van der Waals surface area contributed by atoms with E-state index in [9.17, 15) is 5.11 Å². The fourth-order valence-electron chi connectivity index (χ4n) is 4.57. The molecular weight excluding hydrogens is 426 g/mol. The molecule has 2 atom stereocenters. The van der Waals surface area contributed by atoms with Crippen LogP contribution < -0.4 is 4.90 Å². The van der Waals surface area contributed by atoms with Crippen molar-refractivity contribution in [3.05, 3.63) is 23.4 Å². The second kappa shape index (κ2) is 8.37. The highest BCUT2D eigenvalue weighted by molar-refractivity contribution is 7.13. The van der Waals surface area contributed by atoms with Crippen LogP contribution in [0.5, 0.6) is 0 Å². The number of hydrogen-bond acceptors (Lipinski definition) is 8. The van der Waals surface area contributed by atoms with Crippen molar-refractivity contribution in [1.82, 2.24) is 19.1 Å². The topological polar surface area (TPSA) is 85.5 Å². The molecule has 1 unspecified atom stereocenters. The van der Waals surface area contributed by atoms with Crippen molar-refractivity contribution >= 4 is 27.6 Å². The number of aliphatic hydroxyl groups is 1. The maximum Gasteiger partial charge on any atom is 0.150 e. The molecule has 3 aromatic rings. The molecule has 0 amide bonds. The molecule has 3 aromatic heterocycles. The molecule has 8 nitrogen and oxygen atoms in total. The molecule has 2 fully saturated rings. The highest BCUT2D eigenvalue weighted by Crippen LogP contribution is 2.40. The molecule has 2 saturated heterocycles. The minimum Gasteiger partial charge on any atom is -0.386 e. The zero-order valence-corrected chi connectivity index (χ0v) is 20.0. The quantitative estimate of drug-likeness (QED) is 0.633. The standard InChI is InChI=1S/C23H31N5O3S/c1-14-11-17(28(25-14)19-7-5-6-9-31-19)20-21-22(32-26-20)16(23(3,4)29)12-18(24-21)27-8-10-30-13-15(27)2/h11-12,15,19,29H,5-10,13H2,1-4H3/t15-,19?/m1/s1. The maximum absolute atomic E-state index is 11.0. The predicted octanol–water partition coefficient (Wildman–Crippen LogP) is 4.01. The van der Waals surface area contributed by atoms with E-state index >= 15 is 0 Å². The summed E-state index contributed by atoms with van der Waals surface area (Å²) in [6.07, 6.45) is 3.07. The summed E-state index contributed by atoms with van der Waals surface area (Å²) in [5, 5.41) is 15.7. The van der Waals surface area contributed by atoms with Gasteiger partial charge in [-0.3, -0.25) is 0 Å². The van der Waals surface area contributed by atoms with Crippen molar-refractivity contribution in [2.45, 2.75) is 64.8 Å². The third kappa shape index (κ3) is 3.91. The number of morpholine rings is 1. The van der Waals surface area contributed by atoms with E-state index in [-0.39, 0.29) is 12.3 Å². The van der Waals surface area contributed by atoms with Gasteiger partial charge in [-0.05, 0) is 70.6 Å².